The molecule has 10 heteroatoms. The Kier molecular flexibility index (Phi) is 39.8. The van der Waals surface area contributed by atoms with Crippen molar-refractivity contribution < 1.29 is 38.0 Å². The van der Waals surface area contributed by atoms with E-state index in [0.29, 0.717) is 30.3 Å². The zero-order valence-electron chi connectivity index (χ0n) is 39.1. The molecule has 0 aromatic heterocycles. The van der Waals surface area contributed by atoms with E-state index in [2.05, 4.69) is 55.6 Å². The normalized spacial score (nSPS) is 15.1. The van der Waals surface area contributed by atoms with Crippen molar-refractivity contribution in [3.8, 4) is 0 Å². The van der Waals surface area contributed by atoms with Gasteiger partial charge < -0.3 is 34.0 Å². The average Bonchev–Trinajstić information content (AvgIpc) is 3.19. The monoisotopic (exact) mass is 855 g/mol. The van der Waals surface area contributed by atoms with Crippen molar-refractivity contribution in [1.82, 2.24) is 5.32 Å². The maximum atomic E-state index is 12.9. The Labute approximate surface area is 364 Å². The number of phosphoric acid groups is 1. The Bertz CT molecular complexity index is 1080. The first kappa shape index (κ1) is 57.7. The average molecular weight is 855 g/mol. The van der Waals surface area contributed by atoms with Gasteiger partial charge in [0.15, 0.2) is 0 Å². The van der Waals surface area contributed by atoms with Crippen molar-refractivity contribution in [3.05, 3.63) is 36.5 Å². The second kappa shape index (κ2) is 40.7. The fourth-order valence-electron chi connectivity index (χ4n) is 6.97. The summed E-state index contributed by atoms with van der Waals surface area (Å²) in [7, 11) is 1.10. The number of rotatable bonds is 44. The number of carbonyl (C=O) groups is 1. The van der Waals surface area contributed by atoms with Gasteiger partial charge in [-0.05, 0) is 77.0 Å². The van der Waals surface area contributed by atoms with E-state index < -0.39 is 32.7 Å². The van der Waals surface area contributed by atoms with Crippen LogP contribution in [0.5, 0.6) is 0 Å². The highest BCUT2D eigenvalue weighted by molar-refractivity contribution is 7.45. The molecule has 59 heavy (non-hydrogen) atoms. The molecule has 0 aliphatic carbocycles. The molecule has 0 bridgehead atoms. The van der Waals surface area contributed by atoms with Crippen molar-refractivity contribution in [1.29, 1.82) is 0 Å². The second-order valence-corrected chi connectivity index (χ2v) is 19.3. The first-order chi connectivity index (χ1) is 28.4. The highest BCUT2D eigenvalue weighted by Crippen LogP contribution is 2.38. The van der Waals surface area contributed by atoms with Gasteiger partial charge in [0.1, 0.15) is 19.3 Å². The Morgan fingerprint density at radius 1 is 0.593 bits per heavy atom. The molecule has 1 amide bonds. The van der Waals surface area contributed by atoms with Crippen LogP contribution in [0.15, 0.2) is 36.5 Å². The summed E-state index contributed by atoms with van der Waals surface area (Å²) in [6.45, 7) is 4.38. The summed E-state index contributed by atoms with van der Waals surface area (Å²) in [6, 6.07) is -1.09. The van der Waals surface area contributed by atoms with Crippen LogP contribution in [-0.2, 0) is 18.4 Å². The number of unbranched alkanes of at least 4 members (excludes halogenated alkanes) is 24. The van der Waals surface area contributed by atoms with Crippen LogP contribution in [0.2, 0.25) is 0 Å². The predicted octanol–water partition coefficient (Wildman–Crippen LogP) is 12.2. The quantitative estimate of drug-likeness (QED) is 0.0241. The zero-order valence-corrected chi connectivity index (χ0v) is 40.0. The Hall–Kier alpha value is -1.32. The number of nitrogens with one attached hydrogen (secondary N) is 1. The van der Waals surface area contributed by atoms with Crippen molar-refractivity contribution >= 4 is 13.7 Å². The fraction of sp³-hybridized carbons (Fsp3) is 0.857. The number of quaternary nitrogens is 1. The molecular weight excluding hydrogens is 760 g/mol. The molecule has 9 nitrogen and oxygen atoms in total. The number of phosphoric ester groups is 1. The highest BCUT2D eigenvalue weighted by atomic mass is 31.2. The molecule has 0 aliphatic rings. The lowest BCUT2D eigenvalue weighted by Crippen LogP contribution is -2.51. The Balaban J connectivity index is 4.36. The first-order valence-corrected chi connectivity index (χ1v) is 25.9. The van der Waals surface area contributed by atoms with Gasteiger partial charge in [0, 0.05) is 6.42 Å². The number of nitrogens with zero attached hydrogens (tertiary/aromatic N) is 1. The third-order valence-electron chi connectivity index (χ3n) is 10.9. The lowest BCUT2D eigenvalue weighted by Gasteiger charge is -2.31. The number of hydrogen-bond acceptors (Lipinski definition) is 7. The predicted molar refractivity (Wildman–Crippen MR) is 248 cm³/mol. The van der Waals surface area contributed by atoms with Crippen LogP contribution in [0.1, 0.15) is 213 Å². The molecule has 4 atom stereocenters. The molecule has 0 aliphatic heterocycles. The maximum Gasteiger partial charge on any atom is 0.268 e. The van der Waals surface area contributed by atoms with Crippen LogP contribution < -0.4 is 10.2 Å². The van der Waals surface area contributed by atoms with Crippen molar-refractivity contribution in [2.75, 3.05) is 40.9 Å². The van der Waals surface area contributed by atoms with E-state index in [1.54, 1.807) is 0 Å². The number of aliphatic hydroxyl groups excluding tert-OH is 2. The van der Waals surface area contributed by atoms with Gasteiger partial charge in [-0.2, -0.15) is 0 Å². The number of carbonyl (C=O) groups excluding carboxylic acids is 1. The minimum absolute atomic E-state index is 0.0488. The molecule has 0 aromatic rings. The number of hydrogen-bond donors (Lipinski definition) is 3. The third kappa shape index (κ3) is 41.8. The topological polar surface area (TPSA) is 128 Å². The molecule has 0 radical (unpaired) electrons. The molecule has 0 heterocycles. The summed E-state index contributed by atoms with van der Waals surface area (Å²) < 4.78 is 23.1. The largest absolute Gasteiger partial charge is 0.756 e. The third-order valence-corrected chi connectivity index (χ3v) is 11.9. The van der Waals surface area contributed by atoms with Gasteiger partial charge in [0.2, 0.25) is 5.91 Å². The van der Waals surface area contributed by atoms with Gasteiger partial charge in [0.05, 0.1) is 39.9 Å². The van der Waals surface area contributed by atoms with Gasteiger partial charge in [-0.3, -0.25) is 9.36 Å². The summed E-state index contributed by atoms with van der Waals surface area (Å²) >= 11 is 0. The highest BCUT2D eigenvalue weighted by Gasteiger charge is 2.29. The number of aliphatic hydroxyl groups is 2. The first-order valence-electron chi connectivity index (χ1n) is 24.4. The molecule has 0 spiro atoms. The summed E-state index contributed by atoms with van der Waals surface area (Å²) in [5.41, 5.74) is 0. The summed E-state index contributed by atoms with van der Waals surface area (Å²) in [6.07, 6.45) is 46.2. The SMILES string of the molecule is CCCCC/C=C/CC/C=C/CCCC(O)C(O)C(COP(=O)([O-])OCC[N+](C)(C)C)NC(=O)CCCCCCCCCCCCC/C=C\CCCCCCCCCC. The molecule has 0 rings (SSSR count). The van der Waals surface area contributed by atoms with Crippen molar-refractivity contribution in [2.45, 2.75) is 231 Å². The molecule has 0 aromatic carbocycles. The van der Waals surface area contributed by atoms with E-state index in [1.165, 1.54) is 128 Å². The Morgan fingerprint density at radius 2 is 0.983 bits per heavy atom. The van der Waals surface area contributed by atoms with E-state index in [9.17, 15) is 24.5 Å². The summed E-state index contributed by atoms with van der Waals surface area (Å²) in [4.78, 5) is 25.4. The second-order valence-electron chi connectivity index (χ2n) is 17.9. The van der Waals surface area contributed by atoms with Crippen LogP contribution in [0.3, 0.4) is 0 Å². The minimum atomic E-state index is -4.68. The van der Waals surface area contributed by atoms with E-state index in [0.717, 1.165) is 44.9 Å². The zero-order chi connectivity index (χ0) is 43.7. The van der Waals surface area contributed by atoms with Crippen LogP contribution in [0, 0.1) is 0 Å². The van der Waals surface area contributed by atoms with E-state index in [4.69, 9.17) is 9.05 Å². The molecule has 0 saturated carbocycles. The van der Waals surface area contributed by atoms with E-state index in [1.807, 2.05) is 21.1 Å². The molecule has 4 unspecified atom stereocenters. The minimum Gasteiger partial charge on any atom is -0.756 e. The lowest BCUT2D eigenvalue weighted by atomic mass is 10.0. The van der Waals surface area contributed by atoms with Gasteiger partial charge in [-0.25, -0.2) is 0 Å². The van der Waals surface area contributed by atoms with Gasteiger partial charge in [-0.1, -0.05) is 166 Å². The molecule has 3 N–H and O–H groups in total. The molecule has 348 valence electrons. The molecular formula is C49H95N2O7P. The van der Waals surface area contributed by atoms with Crippen molar-refractivity contribution in [3.63, 3.8) is 0 Å². The van der Waals surface area contributed by atoms with Crippen LogP contribution in [0.4, 0.5) is 0 Å². The van der Waals surface area contributed by atoms with Gasteiger partial charge >= 0.3 is 0 Å². The maximum absolute atomic E-state index is 12.9. The van der Waals surface area contributed by atoms with Gasteiger partial charge in [0.25, 0.3) is 7.82 Å². The number of amides is 1. The van der Waals surface area contributed by atoms with E-state index >= 15 is 0 Å². The number of allylic oxidation sites excluding steroid dienone is 6. The van der Waals surface area contributed by atoms with Crippen LogP contribution >= 0.6 is 7.82 Å². The number of likely N-dealkylation sites (N-methyl/N-ethyl adjacent to an activating group) is 1. The van der Waals surface area contributed by atoms with Crippen LogP contribution in [0.25, 0.3) is 0 Å². The van der Waals surface area contributed by atoms with Crippen LogP contribution in [-0.4, -0.2) is 79.8 Å². The van der Waals surface area contributed by atoms with E-state index in [-0.39, 0.29) is 18.9 Å². The fourth-order valence-corrected chi connectivity index (χ4v) is 7.69. The summed E-state index contributed by atoms with van der Waals surface area (Å²) in [5.74, 6) is -0.294. The summed E-state index contributed by atoms with van der Waals surface area (Å²) in [5, 5.41) is 24.6. The standard InChI is InChI=1S/C49H95N2O7P/c1-6-8-10-12-14-16-18-20-21-22-23-24-25-26-27-28-29-30-32-34-36-38-40-42-48(53)50-46(45-58-59(55,56)57-44-43-51(3,4)5)49(54)47(52)41-39-37-35-33-31-19-17-15-13-11-9-7-2/h15,17,22-23,33,35,46-47,49,52,54H,6-14,16,18-21,24-32,34,36-45H2,1-5H3,(H-,50,53,55,56)/b17-15+,23-22-,35-33+. The molecule has 0 fully saturated rings. The van der Waals surface area contributed by atoms with Crippen molar-refractivity contribution in [2.24, 2.45) is 0 Å². The lowest BCUT2D eigenvalue weighted by molar-refractivity contribution is -0.870. The van der Waals surface area contributed by atoms with Gasteiger partial charge in [-0.15, -0.1) is 0 Å². The smallest absolute Gasteiger partial charge is 0.268 e. The Morgan fingerprint density at radius 3 is 1.46 bits per heavy atom. The molecule has 0 saturated heterocycles.